The third-order valence-electron chi connectivity index (χ3n) is 4.35. The van der Waals surface area contributed by atoms with Crippen LogP contribution in [-0.2, 0) is 17.8 Å². The van der Waals surface area contributed by atoms with E-state index in [4.69, 9.17) is 5.73 Å². The van der Waals surface area contributed by atoms with Crippen molar-refractivity contribution in [3.8, 4) is 0 Å². The molecular formula is C19H22N4O2. The van der Waals surface area contributed by atoms with E-state index in [0.717, 1.165) is 28.1 Å². The van der Waals surface area contributed by atoms with Crippen LogP contribution in [0.5, 0.6) is 0 Å². The van der Waals surface area contributed by atoms with Crippen molar-refractivity contribution in [2.75, 3.05) is 23.7 Å². The maximum atomic E-state index is 12.3. The van der Waals surface area contributed by atoms with Gasteiger partial charge in [0, 0.05) is 24.5 Å². The summed E-state index contributed by atoms with van der Waals surface area (Å²) in [6.07, 6.45) is 0.696. The minimum absolute atomic E-state index is 0.0201. The highest BCUT2D eigenvalue weighted by atomic mass is 16.2. The highest BCUT2D eigenvalue weighted by Crippen LogP contribution is 2.26. The van der Waals surface area contributed by atoms with Gasteiger partial charge in [-0.15, -0.1) is 0 Å². The van der Waals surface area contributed by atoms with Gasteiger partial charge in [0.1, 0.15) is 0 Å². The van der Waals surface area contributed by atoms with Crippen LogP contribution in [0.2, 0.25) is 0 Å². The third-order valence-corrected chi connectivity index (χ3v) is 4.35. The predicted molar refractivity (Wildman–Crippen MR) is 98.4 cm³/mol. The van der Waals surface area contributed by atoms with Gasteiger partial charge in [-0.05, 0) is 42.7 Å². The number of fused-ring (bicyclic) bond motifs is 1. The van der Waals surface area contributed by atoms with Gasteiger partial charge in [-0.3, -0.25) is 4.79 Å². The number of benzene rings is 2. The van der Waals surface area contributed by atoms with Crippen LogP contribution in [0.1, 0.15) is 16.7 Å². The first-order chi connectivity index (χ1) is 12.1. The summed E-state index contributed by atoms with van der Waals surface area (Å²) in [4.78, 5) is 25.8. The quantitative estimate of drug-likeness (QED) is 0.803. The number of rotatable bonds is 3. The fraction of sp³-hybridized carbons (Fsp3) is 0.263. The molecule has 0 atom stereocenters. The number of hydrogen-bond donors (Lipinski definition) is 3. The van der Waals surface area contributed by atoms with Crippen LogP contribution in [0.25, 0.3) is 0 Å². The SMILES string of the molecule is Cc1ccc(NC(=O)Nc2cccc3c2CCN(C(=O)CN)C3)cc1. The molecular weight excluding hydrogens is 316 g/mol. The van der Waals surface area contributed by atoms with Crippen LogP contribution in [0, 0.1) is 6.92 Å². The average Bonchev–Trinajstić information content (AvgIpc) is 2.62. The summed E-state index contributed by atoms with van der Waals surface area (Å²) >= 11 is 0. The van der Waals surface area contributed by atoms with E-state index in [2.05, 4.69) is 10.6 Å². The smallest absolute Gasteiger partial charge is 0.323 e. The fourth-order valence-corrected chi connectivity index (χ4v) is 2.99. The van der Waals surface area contributed by atoms with E-state index in [1.807, 2.05) is 49.4 Å². The molecule has 0 radical (unpaired) electrons. The van der Waals surface area contributed by atoms with Gasteiger partial charge in [0.15, 0.2) is 0 Å². The average molecular weight is 338 g/mol. The lowest BCUT2D eigenvalue weighted by atomic mass is 9.97. The number of nitrogens with one attached hydrogen (secondary N) is 2. The van der Waals surface area contributed by atoms with E-state index in [1.54, 1.807) is 4.90 Å². The number of carbonyl (C=O) groups is 2. The van der Waals surface area contributed by atoms with E-state index in [9.17, 15) is 9.59 Å². The maximum absolute atomic E-state index is 12.3. The molecule has 2 aromatic carbocycles. The van der Waals surface area contributed by atoms with Gasteiger partial charge in [-0.1, -0.05) is 29.8 Å². The topological polar surface area (TPSA) is 87.5 Å². The Morgan fingerprint density at radius 1 is 1.12 bits per heavy atom. The Balaban J connectivity index is 1.70. The van der Waals surface area contributed by atoms with Gasteiger partial charge < -0.3 is 21.3 Å². The molecule has 3 amide bonds. The zero-order chi connectivity index (χ0) is 17.8. The number of nitrogens with zero attached hydrogens (tertiary/aromatic N) is 1. The van der Waals surface area contributed by atoms with Crippen LogP contribution in [0.3, 0.4) is 0 Å². The lowest BCUT2D eigenvalue weighted by Gasteiger charge is -2.30. The second-order valence-corrected chi connectivity index (χ2v) is 6.16. The minimum atomic E-state index is -0.280. The molecule has 0 saturated carbocycles. The van der Waals surface area contributed by atoms with Gasteiger partial charge in [-0.25, -0.2) is 4.79 Å². The molecule has 25 heavy (non-hydrogen) atoms. The standard InChI is InChI=1S/C19H22N4O2/c1-13-5-7-15(8-6-13)21-19(25)22-17-4-2-3-14-12-23(18(24)11-20)10-9-16(14)17/h2-8H,9-12,20H2,1H3,(H2,21,22,25). The second kappa shape index (κ2) is 7.36. The number of hydrogen-bond acceptors (Lipinski definition) is 3. The summed E-state index contributed by atoms with van der Waals surface area (Å²) in [5, 5.41) is 5.74. The van der Waals surface area contributed by atoms with Crippen LogP contribution in [0.4, 0.5) is 16.2 Å². The van der Waals surface area contributed by atoms with E-state index in [-0.39, 0.29) is 18.5 Å². The van der Waals surface area contributed by atoms with Gasteiger partial charge in [-0.2, -0.15) is 0 Å². The Kier molecular flexibility index (Phi) is 5.00. The predicted octanol–water partition coefficient (Wildman–Crippen LogP) is 2.48. The maximum Gasteiger partial charge on any atom is 0.323 e. The Labute approximate surface area is 147 Å². The second-order valence-electron chi connectivity index (χ2n) is 6.16. The van der Waals surface area contributed by atoms with Crippen molar-refractivity contribution in [1.82, 2.24) is 4.90 Å². The van der Waals surface area contributed by atoms with Gasteiger partial charge in [0.05, 0.1) is 6.54 Å². The molecule has 1 aliphatic heterocycles. The summed E-state index contributed by atoms with van der Waals surface area (Å²) in [6.45, 7) is 3.16. The van der Waals surface area contributed by atoms with Crippen molar-refractivity contribution in [2.45, 2.75) is 19.9 Å². The summed E-state index contributed by atoms with van der Waals surface area (Å²) < 4.78 is 0. The molecule has 2 aromatic rings. The van der Waals surface area contributed by atoms with E-state index < -0.39 is 0 Å². The minimum Gasteiger partial charge on any atom is -0.337 e. The third kappa shape index (κ3) is 3.97. The van der Waals surface area contributed by atoms with Crippen LogP contribution < -0.4 is 16.4 Å². The monoisotopic (exact) mass is 338 g/mol. The Morgan fingerprint density at radius 3 is 2.60 bits per heavy atom. The van der Waals surface area contributed by atoms with Crippen LogP contribution in [0.15, 0.2) is 42.5 Å². The number of anilines is 2. The normalized spacial score (nSPS) is 13.1. The first-order valence-electron chi connectivity index (χ1n) is 8.30. The lowest BCUT2D eigenvalue weighted by molar-refractivity contribution is -0.130. The first-order valence-corrected chi connectivity index (χ1v) is 8.30. The number of carbonyl (C=O) groups excluding carboxylic acids is 2. The molecule has 0 spiro atoms. The molecule has 0 saturated heterocycles. The zero-order valence-corrected chi connectivity index (χ0v) is 14.2. The largest absolute Gasteiger partial charge is 0.337 e. The Morgan fingerprint density at radius 2 is 1.88 bits per heavy atom. The van der Waals surface area contributed by atoms with Crippen molar-refractivity contribution in [3.05, 3.63) is 59.2 Å². The molecule has 1 aliphatic rings. The Hall–Kier alpha value is -2.86. The molecule has 1 heterocycles. The van der Waals surface area contributed by atoms with Gasteiger partial charge in [0.2, 0.25) is 5.91 Å². The first kappa shape index (κ1) is 17.0. The summed E-state index contributed by atoms with van der Waals surface area (Å²) in [7, 11) is 0. The highest BCUT2D eigenvalue weighted by Gasteiger charge is 2.22. The van der Waals surface area contributed by atoms with E-state index in [1.165, 1.54) is 0 Å². The van der Waals surface area contributed by atoms with Gasteiger partial charge >= 0.3 is 6.03 Å². The van der Waals surface area contributed by atoms with Crippen LogP contribution in [-0.4, -0.2) is 29.9 Å². The number of urea groups is 1. The molecule has 6 heteroatoms. The van der Waals surface area contributed by atoms with Crippen molar-refractivity contribution < 1.29 is 9.59 Å². The van der Waals surface area contributed by atoms with Crippen molar-refractivity contribution >= 4 is 23.3 Å². The van der Waals surface area contributed by atoms with Gasteiger partial charge in [0.25, 0.3) is 0 Å². The number of aryl methyl sites for hydroxylation is 1. The van der Waals surface area contributed by atoms with Crippen molar-refractivity contribution in [1.29, 1.82) is 0 Å². The summed E-state index contributed by atoms with van der Waals surface area (Å²) in [5.41, 5.74) is 10.2. The molecule has 0 fully saturated rings. The molecule has 3 rings (SSSR count). The van der Waals surface area contributed by atoms with E-state index >= 15 is 0 Å². The molecule has 0 aromatic heterocycles. The molecule has 4 N–H and O–H groups in total. The molecule has 0 unspecified atom stereocenters. The molecule has 6 nitrogen and oxygen atoms in total. The zero-order valence-electron chi connectivity index (χ0n) is 14.2. The van der Waals surface area contributed by atoms with Crippen molar-refractivity contribution in [3.63, 3.8) is 0 Å². The molecule has 0 aliphatic carbocycles. The number of amides is 3. The Bertz CT molecular complexity index is 787. The number of nitrogens with two attached hydrogens (primary N) is 1. The lowest BCUT2D eigenvalue weighted by Crippen LogP contribution is -2.39. The fourth-order valence-electron chi connectivity index (χ4n) is 2.99. The van der Waals surface area contributed by atoms with Crippen LogP contribution >= 0.6 is 0 Å². The van der Waals surface area contributed by atoms with E-state index in [0.29, 0.717) is 19.5 Å². The molecule has 0 bridgehead atoms. The summed E-state index contributed by atoms with van der Waals surface area (Å²) in [6, 6.07) is 13.1. The summed E-state index contributed by atoms with van der Waals surface area (Å²) in [5.74, 6) is -0.0545. The highest BCUT2D eigenvalue weighted by molar-refractivity contribution is 6.00. The molecule has 130 valence electrons. The van der Waals surface area contributed by atoms with Crippen molar-refractivity contribution in [2.24, 2.45) is 5.73 Å².